The van der Waals surface area contributed by atoms with Gasteiger partial charge >= 0.3 is 37.7 Å². The van der Waals surface area contributed by atoms with E-state index < -0.39 is 24.1 Å². The summed E-state index contributed by atoms with van der Waals surface area (Å²) in [5.74, 6) is -1.40. The van der Waals surface area contributed by atoms with Crippen molar-refractivity contribution in [2.24, 2.45) is 0 Å². The Balaban J connectivity index is -0.000000304. The Morgan fingerprint density at radius 1 is 0.686 bits per heavy atom. The molecule has 2 N–H and O–H groups in total. The van der Waals surface area contributed by atoms with Crippen LogP contribution in [0.3, 0.4) is 0 Å². The van der Waals surface area contributed by atoms with Crippen molar-refractivity contribution in [1.82, 2.24) is 0 Å². The first kappa shape index (κ1) is 41.4. The van der Waals surface area contributed by atoms with Crippen LogP contribution < -0.4 is 10.2 Å². The van der Waals surface area contributed by atoms with Gasteiger partial charge in [0.05, 0.1) is 30.2 Å². The fourth-order valence-electron chi connectivity index (χ4n) is 2.81. The second-order valence-electron chi connectivity index (χ2n) is 8.42. The van der Waals surface area contributed by atoms with Crippen LogP contribution in [0, 0.1) is 0 Å². The second-order valence-corrected chi connectivity index (χ2v) is 8.42. The van der Waals surface area contributed by atoms with E-state index in [2.05, 4.69) is 6.92 Å². The average Bonchev–Trinajstić information content (AvgIpc) is 2.77. The number of carbonyl (C=O) groups is 3. The molecule has 0 radical (unpaired) electrons. The number of aliphatic hydroxyl groups is 2. The summed E-state index contributed by atoms with van der Waals surface area (Å²) < 4.78 is 0. The monoisotopic (exact) mass is 526 g/mol. The van der Waals surface area contributed by atoms with Gasteiger partial charge in [-0.15, -0.1) is 0 Å². The van der Waals surface area contributed by atoms with Crippen LogP contribution in [0.25, 0.3) is 0 Å². The summed E-state index contributed by atoms with van der Waals surface area (Å²) in [7, 11) is 0. The summed E-state index contributed by atoms with van der Waals surface area (Å²) in [6.45, 7) is 4.54. The van der Waals surface area contributed by atoms with E-state index in [1.165, 1.54) is 83.5 Å². The van der Waals surface area contributed by atoms with Gasteiger partial charge in [-0.1, -0.05) is 96.8 Å². The molecule has 0 bridgehead atoms. The summed E-state index contributed by atoms with van der Waals surface area (Å²) >= 11 is 0. The normalized spacial score (nSPS) is 11.2. The molecule has 0 aromatic carbocycles. The fourth-order valence-corrected chi connectivity index (χ4v) is 2.81. The number of aliphatic hydroxyl groups excluding tert-OH is 2. The van der Waals surface area contributed by atoms with Crippen molar-refractivity contribution < 1.29 is 39.6 Å². The Hall–Kier alpha value is -0.760. The van der Waals surface area contributed by atoms with Crippen LogP contribution in [0.4, 0.5) is 0 Å². The van der Waals surface area contributed by atoms with E-state index in [1.54, 1.807) is 5.94 Å². The number of carbonyl (C=O) groups excluding carboxylic acids is 4. The maximum atomic E-state index is 11.1. The minimum atomic E-state index is -1.44. The number of carboxylic acids is 2. The first-order chi connectivity index (χ1) is 16.1. The standard InChI is InChI=1S/C20H36O2.2C3H6O3.Ca/c1-2-3-4-5-6-7-8-9-10-11-12-13-14-15-16-17-20(22)18-19-21;2*1-2(4)3(5)6;/h18H,2-17H2,1H3;2*2,4H,1H3,(H,5,6);/q;;;+2/p-2. The van der Waals surface area contributed by atoms with Crippen LogP contribution in [0.5, 0.6) is 0 Å². The Bertz CT molecular complexity index is 525. The molecular formula is C26H46CaO8. The summed E-state index contributed by atoms with van der Waals surface area (Å²) in [6, 6.07) is 0. The van der Waals surface area contributed by atoms with Gasteiger partial charge in [0.2, 0.25) is 0 Å². The molecule has 200 valence electrons. The zero-order valence-corrected chi connectivity index (χ0v) is 24.3. The molecule has 8 nitrogen and oxygen atoms in total. The van der Waals surface area contributed by atoms with Crippen molar-refractivity contribution in [3.05, 3.63) is 6.08 Å². The number of unbranched alkanes of at least 4 members (excludes halogenated alkanes) is 14. The predicted octanol–water partition coefficient (Wildman–Crippen LogP) is 2.06. The van der Waals surface area contributed by atoms with Crippen LogP contribution in [0.15, 0.2) is 6.08 Å². The van der Waals surface area contributed by atoms with Crippen molar-refractivity contribution in [2.75, 3.05) is 0 Å². The van der Waals surface area contributed by atoms with E-state index in [1.807, 2.05) is 0 Å². The molecule has 9 heteroatoms. The number of aliphatic carboxylic acids is 2. The van der Waals surface area contributed by atoms with Crippen LogP contribution in [-0.2, 0) is 19.2 Å². The minimum Gasteiger partial charge on any atom is -0.547 e. The summed E-state index contributed by atoms with van der Waals surface area (Å²) in [5, 5.41) is 34.6. The number of carboxylic acid groups (broad SMARTS) is 2. The number of rotatable bonds is 19. The molecule has 0 aromatic heterocycles. The maximum Gasteiger partial charge on any atom is 2.00 e. The van der Waals surface area contributed by atoms with Crippen LogP contribution >= 0.6 is 0 Å². The molecule has 35 heavy (non-hydrogen) atoms. The van der Waals surface area contributed by atoms with Crippen LogP contribution in [0.2, 0.25) is 0 Å². The van der Waals surface area contributed by atoms with Gasteiger partial charge in [0.15, 0.2) is 5.78 Å². The Morgan fingerprint density at radius 2 is 0.943 bits per heavy atom. The molecule has 2 atom stereocenters. The zero-order chi connectivity index (χ0) is 26.6. The van der Waals surface area contributed by atoms with Gasteiger partial charge in [0, 0.05) is 6.42 Å². The molecule has 0 saturated heterocycles. The summed E-state index contributed by atoms with van der Waals surface area (Å²) in [6.07, 6.45) is 18.7. The third-order valence-corrected chi connectivity index (χ3v) is 4.93. The van der Waals surface area contributed by atoms with E-state index in [4.69, 9.17) is 10.2 Å². The van der Waals surface area contributed by atoms with E-state index in [9.17, 15) is 29.4 Å². The van der Waals surface area contributed by atoms with Crippen molar-refractivity contribution in [1.29, 1.82) is 0 Å². The second kappa shape index (κ2) is 33.2. The predicted molar refractivity (Wildman–Crippen MR) is 134 cm³/mol. The number of ketones is 1. The molecule has 0 amide bonds. The van der Waals surface area contributed by atoms with Gasteiger partial charge in [0.25, 0.3) is 0 Å². The van der Waals surface area contributed by atoms with Crippen molar-refractivity contribution in [2.45, 2.75) is 136 Å². The summed E-state index contributed by atoms with van der Waals surface area (Å²) in [4.78, 5) is 39.7. The fraction of sp³-hybridized carbons (Fsp3) is 0.808. The topological polar surface area (TPSA) is 155 Å². The maximum absolute atomic E-state index is 11.1. The van der Waals surface area contributed by atoms with Gasteiger partial charge in [-0.25, -0.2) is 4.79 Å². The molecule has 0 aliphatic carbocycles. The molecule has 0 fully saturated rings. The van der Waals surface area contributed by atoms with E-state index in [0.717, 1.165) is 32.8 Å². The molecule has 2 unspecified atom stereocenters. The zero-order valence-electron chi connectivity index (χ0n) is 22.1. The van der Waals surface area contributed by atoms with Crippen LogP contribution in [-0.4, -0.2) is 83.8 Å². The molecule has 0 heterocycles. The van der Waals surface area contributed by atoms with Gasteiger partial charge in [0.1, 0.15) is 5.94 Å². The Morgan fingerprint density at radius 3 is 1.17 bits per heavy atom. The molecule has 0 rings (SSSR count). The van der Waals surface area contributed by atoms with Gasteiger partial charge in [-0.2, -0.15) is 0 Å². The van der Waals surface area contributed by atoms with E-state index in [-0.39, 0.29) is 43.5 Å². The first-order valence-electron chi connectivity index (χ1n) is 12.6. The van der Waals surface area contributed by atoms with Crippen LogP contribution in [0.1, 0.15) is 124 Å². The largest absolute Gasteiger partial charge is 2.00 e. The molecular weight excluding hydrogens is 480 g/mol. The molecule has 0 aliphatic heterocycles. The third kappa shape index (κ3) is 43.7. The third-order valence-electron chi connectivity index (χ3n) is 4.93. The number of allylic oxidation sites excluding steroid dienone is 1. The van der Waals surface area contributed by atoms with Gasteiger partial charge < -0.3 is 30.0 Å². The first-order valence-corrected chi connectivity index (χ1v) is 12.6. The Kier molecular flexibility index (Phi) is 39.3. The SMILES string of the molecule is CC(O)C(=O)[O-].CC(O)C(=O)[O-].CCCCCCCCCCCCCCCCCC(=O)C=C=O.[Ca+2]. The van der Waals surface area contributed by atoms with E-state index >= 15 is 0 Å². The average molecular weight is 527 g/mol. The van der Waals surface area contributed by atoms with Gasteiger partial charge in [-0.05, 0) is 20.3 Å². The van der Waals surface area contributed by atoms with E-state index in [0.29, 0.717) is 6.42 Å². The van der Waals surface area contributed by atoms with Crippen molar-refractivity contribution >= 4 is 61.4 Å². The number of hydrogen-bond acceptors (Lipinski definition) is 8. The Labute approximate surface area is 241 Å². The molecule has 0 spiro atoms. The molecule has 0 aromatic rings. The minimum absolute atomic E-state index is 0. The van der Waals surface area contributed by atoms with Crippen molar-refractivity contribution in [3.63, 3.8) is 0 Å². The number of hydrogen-bond donors (Lipinski definition) is 2. The van der Waals surface area contributed by atoms with Gasteiger partial charge in [-0.3, -0.25) is 4.79 Å². The molecule has 0 aliphatic rings. The smallest absolute Gasteiger partial charge is 0.547 e. The molecule has 0 saturated carbocycles. The quantitative estimate of drug-likeness (QED) is 0.112. The van der Waals surface area contributed by atoms with Crippen molar-refractivity contribution in [3.8, 4) is 0 Å². The summed E-state index contributed by atoms with van der Waals surface area (Å²) in [5.41, 5.74) is 0.